The van der Waals surface area contributed by atoms with Crippen LogP contribution in [0.1, 0.15) is 27.0 Å². The van der Waals surface area contributed by atoms with E-state index < -0.39 is 0 Å². The Bertz CT molecular complexity index is 1010. The molecule has 120 valence electrons. The fourth-order valence-electron chi connectivity index (χ4n) is 3.64. The van der Waals surface area contributed by atoms with Gasteiger partial charge in [-0.15, -0.1) is 0 Å². The Labute approximate surface area is 141 Å². The number of carbonyl (C=O) groups excluding carboxylic acids is 1. The molecule has 3 N–H and O–H groups in total. The third kappa shape index (κ3) is 1.80. The summed E-state index contributed by atoms with van der Waals surface area (Å²) in [5.74, 6) is 0.316. The number of phenols is 2. The number of carbonyl (C=O) groups is 1. The Morgan fingerprint density at radius 1 is 1.12 bits per heavy atom. The lowest BCUT2D eigenvalue weighted by Gasteiger charge is -2.39. The summed E-state index contributed by atoms with van der Waals surface area (Å²) in [6, 6.07) is 10.3. The smallest absolute Gasteiger partial charge is 0.256 e. The summed E-state index contributed by atoms with van der Waals surface area (Å²) in [6.07, 6.45) is 0.746. The summed E-state index contributed by atoms with van der Waals surface area (Å²) in [4.78, 5) is 19.0. The van der Waals surface area contributed by atoms with Crippen molar-refractivity contribution in [2.24, 2.45) is 0 Å². The van der Waals surface area contributed by atoms with Crippen LogP contribution in [0.2, 0.25) is 0 Å². The van der Waals surface area contributed by atoms with Crippen molar-refractivity contribution < 1.29 is 15.0 Å². The molecule has 2 aliphatic heterocycles. The highest BCUT2D eigenvalue weighted by molar-refractivity contribution is 7.99. The Hall–Kier alpha value is -2.60. The molecule has 2 aliphatic rings. The second-order valence-corrected chi connectivity index (χ2v) is 7.27. The van der Waals surface area contributed by atoms with Crippen LogP contribution in [0.15, 0.2) is 41.3 Å². The second-order valence-electron chi connectivity index (χ2n) is 6.15. The zero-order chi connectivity index (χ0) is 16.4. The lowest BCUT2D eigenvalue weighted by Crippen LogP contribution is -2.41. The number of aromatic amines is 1. The molecule has 1 unspecified atom stereocenters. The lowest BCUT2D eigenvalue weighted by molar-refractivity contribution is 0.0714. The fourth-order valence-corrected chi connectivity index (χ4v) is 4.94. The van der Waals surface area contributed by atoms with E-state index in [2.05, 4.69) is 4.98 Å². The largest absolute Gasteiger partial charge is 0.508 e. The van der Waals surface area contributed by atoms with Gasteiger partial charge >= 0.3 is 0 Å². The molecule has 5 nitrogen and oxygen atoms in total. The molecule has 5 rings (SSSR count). The van der Waals surface area contributed by atoms with Gasteiger partial charge in [-0.1, -0.05) is 11.8 Å². The van der Waals surface area contributed by atoms with Crippen LogP contribution in [0.5, 0.6) is 11.5 Å². The van der Waals surface area contributed by atoms with Gasteiger partial charge in [-0.3, -0.25) is 4.79 Å². The standard InChI is InChI=1S/C18H14N2O3S/c21-9-1-3-14-12(7-9)11-5-6-20-17(23)13-8-10(22)2-4-15(13)24-18(20)16(11)19-14/h1-4,7-8,18-19,21-22H,5-6H2. The number of aromatic hydroxyl groups is 2. The zero-order valence-corrected chi connectivity index (χ0v) is 13.4. The second kappa shape index (κ2) is 4.70. The van der Waals surface area contributed by atoms with Gasteiger partial charge in [0.25, 0.3) is 5.91 Å². The number of hydrogen-bond acceptors (Lipinski definition) is 4. The highest BCUT2D eigenvalue weighted by atomic mass is 32.2. The van der Waals surface area contributed by atoms with Crippen LogP contribution >= 0.6 is 11.8 Å². The molecule has 2 aromatic carbocycles. The number of aromatic nitrogens is 1. The minimum Gasteiger partial charge on any atom is -0.508 e. The van der Waals surface area contributed by atoms with Crippen molar-refractivity contribution in [1.29, 1.82) is 0 Å². The molecule has 1 amide bonds. The summed E-state index contributed by atoms with van der Waals surface area (Å²) in [5, 5.41) is 20.4. The molecule has 0 saturated carbocycles. The number of fused-ring (bicyclic) bond motifs is 6. The van der Waals surface area contributed by atoms with Crippen LogP contribution in [0.3, 0.4) is 0 Å². The number of amides is 1. The Kier molecular flexibility index (Phi) is 2.71. The average Bonchev–Trinajstić information content (AvgIpc) is 2.94. The van der Waals surface area contributed by atoms with Crippen molar-refractivity contribution in [3.05, 3.63) is 53.2 Å². The molecular weight excluding hydrogens is 324 g/mol. The minimum atomic E-state index is -0.104. The predicted molar refractivity (Wildman–Crippen MR) is 91.4 cm³/mol. The van der Waals surface area contributed by atoms with E-state index in [0.29, 0.717) is 12.1 Å². The first-order valence-electron chi connectivity index (χ1n) is 7.76. The molecule has 0 saturated heterocycles. The normalized spacial score (nSPS) is 19.1. The van der Waals surface area contributed by atoms with Crippen molar-refractivity contribution in [2.75, 3.05) is 6.54 Å². The number of H-pyrrole nitrogens is 1. The molecule has 0 radical (unpaired) electrons. The highest BCUT2D eigenvalue weighted by Gasteiger charge is 2.39. The highest BCUT2D eigenvalue weighted by Crippen LogP contribution is 2.49. The van der Waals surface area contributed by atoms with Gasteiger partial charge < -0.3 is 20.1 Å². The molecule has 6 heteroatoms. The number of benzene rings is 2. The predicted octanol–water partition coefficient (Wildman–Crippen LogP) is 3.38. The number of hydrogen-bond donors (Lipinski definition) is 3. The SMILES string of the molecule is O=C1c2cc(O)ccc2SC2c3[nH]c4ccc(O)cc4c3CCN12. The van der Waals surface area contributed by atoms with Gasteiger partial charge in [-0.05, 0) is 48.4 Å². The van der Waals surface area contributed by atoms with Crippen LogP contribution in [0.25, 0.3) is 10.9 Å². The van der Waals surface area contributed by atoms with Crippen molar-refractivity contribution in [3.8, 4) is 11.5 Å². The molecule has 3 heterocycles. The van der Waals surface area contributed by atoms with Gasteiger partial charge in [0, 0.05) is 22.3 Å². The van der Waals surface area contributed by atoms with Gasteiger partial charge in [-0.25, -0.2) is 0 Å². The summed E-state index contributed by atoms with van der Waals surface area (Å²) in [5.41, 5.74) is 3.74. The lowest BCUT2D eigenvalue weighted by atomic mass is 10.0. The van der Waals surface area contributed by atoms with E-state index in [1.54, 1.807) is 42.1 Å². The van der Waals surface area contributed by atoms with E-state index in [9.17, 15) is 15.0 Å². The topological polar surface area (TPSA) is 76.6 Å². The van der Waals surface area contributed by atoms with Crippen LogP contribution in [0.4, 0.5) is 0 Å². The Morgan fingerprint density at radius 3 is 2.79 bits per heavy atom. The van der Waals surface area contributed by atoms with E-state index in [1.165, 1.54) is 5.56 Å². The molecule has 24 heavy (non-hydrogen) atoms. The van der Waals surface area contributed by atoms with E-state index in [4.69, 9.17) is 0 Å². The van der Waals surface area contributed by atoms with Crippen molar-refractivity contribution in [2.45, 2.75) is 16.7 Å². The molecule has 0 spiro atoms. The third-order valence-corrected chi connectivity index (χ3v) is 6.07. The van der Waals surface area contributed by atoms with Gasteiger partial charge in [-0.2, -0.15) is 0 Å². The van der Waals surface area contributed by atoms with Gasteiger partial charge in [0.05, 0.1) is 11.3 Å². The molecule has 3 aromatic rings. The quantitative estimate of drug-likeness (QED) is 0.587. The maximum Gasteiger partial charge on any atom is 0.256 e. The van der Waals surface area contributed by atoms with Crippen molar-refractivity contribution in [1.82, 2.24) is 9.88 Å². The fraction of sp³-hybridized carbons (Fsp3) is 0.167. The number of rotatable bonds is 0. The minimum absolute atomic E-state index is 0.0446. The Morgan fingerprint density at radius 2 is 1.92 bits per heavy atom. The van der Waals surface area contributed by atoms with Crippen LogP contribution in [0, 0.1) is 0 Å². The monoisotopic (exact) mass is 338 g/mol. The number of thioether (sulfide) groups is 1. The summed E-state index contributed by atoms with van der Waals surface area (Å²) in [6.45, 7) is 0.626. The molecule has 1 aromatic heterocycles. The molecule has 1 atom stereocenters. The third-order valence-electron chi connectivity index (χ3n) is 4.75. The maximum absolute atomic E-state index is 12.8. The number of phenolic OH excluding ortho intramolecular Hbond substituents is 2. The number of nitrogens with one attached hydrogen (secondary N) is 1. The van der Waals surface area contributed by atoms with Gasteiger partial charge in [0.15, 0.2) is 0 Å². The Balaban J connectivity index is 1.68. The van der Waals surface area contributed by atoms with Crippen LogP contribution in [-0.4, -0.2) is 32.5 Å². The maximum atomic E-state index is 12.8. The number of nitrogens with zero attached hydrogens (tertiary/aromatic N) is 1. The molecular formula is C18H14N2O3S. The van der Waals surface area contributed by atoms with Crippen LogP contribution < -0.4 is 0 Å². The molecule has 0 bridgehead atoms. The summed E-state index contributed by atoms with van der Waals surface area (Å²) < 4.78 is 0. The first kappa shape index (κ1) is 13.8. The molecule has 0 aliphatic carbocycles. The van der Waals surface area contributed by atoms with Gasteiger partial charge in [0.2, 0.25) is 0 Å². The van der Waals surface area contributed by atoms with Gasteiger partial charge in [0.1, 0.15) is 16.9 Å². The zero-order valence-electron chi connectivity index (χ0n) is 12.6. The molecule has 0 fully saturated rings. The summed E-state index contributed by atoms with van der Waals surface area (Å²) >= 11 is 1.62. The first-order chi connectivity index (χ1) is 11.6. The average molecular weight is 338 g/mol. The first-order valence-corrected chi connectivity index (χ1v) is 8.64. The van der Waals surface area contributed by atoms with E-state index in [0.717, 1.165) is 27.9 Å². The van der Waals surface area contributed by atoms with Crippen LogP contribution in [-0.2, 0) is 6.42 Å². The van der Waals surface area contributed by atoms with E-state index >= 15 is 0 Å². The van der Waals surface area contributed by atoms with E-state index in [-0.39, 0.29) is 22.8 Å². The van der Waals surface area contributed by atoms with Crippen molar-refractivity contribution >= 4 is 28.6 Å². The van der Waals surface area contributed by atoms with Crippen molar-refractivity contribution in [3.63, 3.8) is 0 Å². The summed E-state index contributed by atoms with van der Waals surface area (Å²) in [7, 11) is 0. The van der Waals surface area contributed by atoms with E-state index in [1.807, 2.05) is 11.0 Å².